The van der Waals surface area contributed by atoms with Gasteiger partial charge in [-0.05, 0) is 37.1 Å². The lowest BCUT2D eigenvalue weighted by Crippen LogP contribution is -2.49. The van der Waals surface area contributed by atoms with Crippen molar-refractivity contribution in [3.63, 3.8) is 0 Å². The summed E-state index contributed by atoms with van der Waals surface area (Å²) in [5.41, 5.74) is 1.07. The predicted molar refractivity (Wildman–Crippen MR) is 111 cm³/mol. The van der Waals surface area contributed by atoms with Gasteiger partial charge in [0.2, 0.25) is 15.9 Å². The van der Waals surface area contributed by atoms with E-state index in [2.05, 4.69) is 26.1 Å². The molecule has 1 heterocycles. The zero-order valence-electron chi connectivity index (χ0n) is 15.7. The number of ether oxygens (including phenoxy) is 1. The number of halogens is 1. The van der Waals surface area contributed by atoms with Crippen LogP contribution in [0.25, 0.3) is 0 Å². The average molecular weight is 462 g/mol. The first-order chi connectivity index (χ1) is 13.0. The molecular weight excluding hydrogens is 434 g/mol. The topological polar surface area (TPSA) is 79.0 Å². The van der Waals surface area contributed by atoms with Crippen molar-refractivity contribution in [3.05, 3.63) is 24.3 Å². The van der Waals surface area contributed by atoms with E-state index in [-0.39, 0.29) is 11.7 Å². The van der Waals surface area contributed by atoms with Gasteiger partial charge in [-0.1, -0.05) is 15.9 Å². The highest BCUT2D eigenvalue weighted by Gasteiger charge is 2.26. The van der Waals surface area contributed by atoms with E-state index in [0.717, 1.165) is 23.2 Å². The molecule has 0 radical (unpaired) electrons. The minimum absolute atomic E-state index is 0.0278. The highest BCUT2D eigenvalue weighted by Crippen LogP contribution is 2.21. The first kappa shape index (κ1) is 22.0. The van der Waals surface area contributed by atoms with Crippen LogP contribution in [0.4, 0.5) is 5.69 Å². The van der Waals surface area contributed by atoms with Gasteiger partial charge in [0, 0.05) is 50.2 Å². The molecule has 0 atom stereocenters. The predicted octanol–water partition coefficient (Wildman–Crippen LogP) is 1.83. The summed E-state index contributed by atoms with van der Waals surface area (Å²) in [5, 5.41) is 3.56. The van der Waals surface area contributed by atoms with Crippen LogP contribution in [0.3, 0.4) is 0 Å². The summed E-state index contributed by atoms with van der Waals surface area (Å²) in [7, 11) is -1.65. The molecule has 27 heavy (non-hydrogen) atoms. The van der Waals surface area contributed by atoms with Gasteiger partial charge in [-0.25, -0.2) is 8.42 Å². The Morgan fingerprint density at radius 2 is 1.81 bits per heavy atom. The lowest BCUT2D eigenvalue weighted by Gasteiger charge is -2.35. The fourth-order valence-corrected chi connectivity index (χ4v) is 4.71. The molecule has 2 rings (SSSR count). The average Bonchev–Trinajstić information content (AvgIpc) is 2.70. The molecule has 0 aromatic heterocycles. The zero-order valence-corrected chi connectivity index (χ0v) is 18.1. The normalized spacial score (nSPS) is 15.6. The third kappa shape index (κ3) is 6.97. The molecule has 1 aliphatic heterocycles. The zero-order chi connectivity index (χ0) is 19.7. The van der Waals surface area contributed by atoms with Gasteiger partial charge in [-0.3, -0.25) is 4.79 Å². The molecule has 0 unspecified atom stereocenters. The first-order valence-electron chi connectivity index (χ1n) is 9.16. The van der Waals surface area contributed by atoms with Crippen LogP contribution in [-0.2, 0) is 14.8 Å². The summed E-state index contributed by atoms with van der Waals surface area (Å²) in [4.78, 5) is 13.7. The lowest BCUT2D eigenvalue weighted by atomic mass is 10.2. The van der Waals surface area contributed by atoms with E-state index in [1.54, 1.807) is 11.4 Å². The van der Waals surface area contributed by atoms with Gasteiger partial charge >= 0.3 is 0 Å². The number of carbonyl (C=O) groups excluding carboxylic acids is 1. The quantitative estimate of drug-likeness (QED) is 0.424. The lowest BCUT2D eigenvalue weighted by molar-refractivity contribution is -0.121. The molecule has 0 spiro atoms. The van der Waals surface area contributed by atoms with Crippen molar-refractivity contribution < 1.29 is 17.9 Å². The Morgan fingerprint density at radius 3 is 2.41 bits per heavy atom. The molecule has 1 N–H and O–H groups in total. The molecular formula is C18H28BrN3O4S. The smallest absolute Gasteiger partial charge is 0.220 e. The standard InChI is InChI=1S/C18H28BrN3O4S/c1-26-17-7-5-16(6-8-17)21-11-13-22(14-12-21)27(24,25)15-3-10-20-18(23)4-2-9-19/h5-8H,2-4,9-15H2,1H3,(H,20,23). The van der Waals surface area contributed by atoms with Crippen LogP contribution >= 0.6 is 15.9 Å². The van der Waals surface area contributed by atoms with E-state index in [0.29, 0.717) is 45.6 Å². The highest BCUT2D eigenvalue weighted by molar-refractivity contribution is 9.09. The largest absolute Gasteiger partial charge is 0.497 e. The Kier molecular flexibility index (Phi) is 8.85. The molecule has 1 aromatic carbocycles. The number of hydrogen-bond acceptors (Lipinski definition) is 5. The molecule has 1 aliphatic rings. The molecule has 1 fully saturated rings. The molecule has 1 amide bonds. The monoisotopic (exact) mass is 461 g/mol. The van der Waals surface area contributed by atoms with E-state index in [9.17, 15) is 13.2 Å². The maximum Gasteiger partial charge on any atom is 0.220 e. The van der Waals surface area contributed by atoms with Crippen LogP contribution < -0.4 is 15.0 Å². The minimum Gasteiger partial charge on any atom is -0.497 e. The van der Waals surface area contributed by atoms with Crippen LogP contribution in [0, 0.1) is 0 Å². The Labute approximate surface area is 170 Å². The number of methoxy groups -OCH3 is 1. The van der Waals surface area contributed by atoms with Gasteiger partial charge in [0.25, 0.3) is 0 Å². The number of hydrogen-bond donors (Lipinski definition) is 1. The van der Waals surface area contributed by atoms with Gasteiger partial charge < -0.3 is 15.0 Å². The van der Waals surface area contributed by atoms with E-state index in [1.165, 1.54) is 0 Å². The second-order valence-corrected chi connectivity index (χ2v) is 9.28. The summed E-state index contributed by atoms with van der Waals surface area (Å²) < 4.78 is 31.7. The summed E-state index contributed by atoms with van der Waals surface area (Å²) in [5.74, 6) is 0.841. The van der Waals surface area contributed by atoms with Crippen molar-refractivity contribution in [3.8, 4) is 5.75 Å². The second-order valence-electron chi connectivity index (χ2n) is 6.40. The van der Waals surface area contributed by atoms with E-state index in [1.807, 2.05) is 24.3 Å². The van der Waals surface area contributed by atoms with Crippen LogP contribution in [0.5, 0.6) is 5.75 Å². The van der Waals surface area contributed by atoms with Crippen molar-refractivity contribution in [2.75, 3.05) is 55.8 Å². The maximum atomic E-state index is 12.5. The number of amides is 1. The number of nitrogens with one attached hydrogen (secondary N) is 1. The summed E-state index contributed by atoms with van der Waals surface area (Å²) in [6, 6.07) is 7.79. The van der Waals surface area contributed by atoms with Gasteiger partial charge in [-0.15, -0.1) is 0 Å². The van der Waals surface area contributed by atoms with Crippen LogP contribution in [0.2, 0.25) is 0 Å². The van der Waals surface area contributed by atoms with E-state index < -0.39 is 10.0 Å². The molecule has 152 valence electrons. The number of carbonyl (C=O) groups is 1. The molecule has 1 saturated heterocycles. The van der Waals surface area contributed by atoms with Gasteiger partial charge in [-0.2, -0.15) is 4.31 Å². The van der Waals surface area contributed by atoms with Crippen molar-refractivity contribution >= 4 is 37.5 Å². The fraction of sp³-hybridized carbons (Fsp3) is 0.611. The molecule has 0 bridgehead atoms. The second kappa shape index (κ2) is 10.9. The number of alkyl halides is 1. The number of anilines is 1. The molecule has 1 aromatic rings. The van der Waals surface area contributed by atoms with Gasteiger partial charge in [0.15, 0.2) is 0 Å². The maximum absolute atomic E-state index is 12.5. The fourth-order valence-electron chi connectivity index (χ4n) is 2.94. The van der Waals surface area contributed by atoms with Crippen LogP contribution in [-0.4, -0.2) is 69.5 Å². The summed E-state index contributed by atoms with van der Waals surface area (Å²) >= 11 is 3.28. The Bertz CT molecular complexity index is 689. The first-order valence-corrected chi connectivity index (χ1v) is 11.9. The third-order valence-electron chi connectivity index (χ3n) is 4.51. The Balaban J connectivity index is 1.74. The Hall–Kier alpha value is -1.32. The van der Waals surface area contributed by atoms with Crippen molar-refractivity contribution in [1.82, 2.24) is 9.62 Å². The number of nitrogens with zero attached hydrogens (tertiary/aromatic N) is 2. The van der Waals surface area contributed by atoms with Gasteiger partial charge in [0.05, 0.1) is 12.9 Å². The number of rotatable bonds is 10. The molecule has 0 saturated carbocycles. The molecule has 7 nitrogen and oxygen atoms in total. The van der Waals surface area contributed by atoms with Crippen LogP contribution in [0.1, 0.15) is 19.3 Å². The summed E-state index contributed by atoms with van der Waals surface area (Å²) in [6.07, 6.45) is 1.68. The number of piperazine rings is 1. The minimum atomic E-state index is -3.29. The van der Waals surface area contributed by atoms with Gasteiger partial charge in [0.1, 0.15) is 5.75 Å². The molecule has 0 aliphatic carbocycles. The van der Waals surface area contributed by atoms with Crippen molar-refractivity contribution in [1.29, 1.82) is 0 Å². The van der Waals surface area contributed by atoms with E-state index >= 15 is 0 Å². The van der Waals surface area contributed by atoms with Crippen LogP contribution in [0.15, 0.2) is 24.3 Å². The SMILES string of the molecule is COc1ccc(N2CCN(S(=O)(=O)CCCNC(=O)CCCBr)CC2)cc1. The number of benzene rings is 1. The highest BCUT2D eigenvalue weighted by atomic mass is 79.9. The van der Waals surface area contributed by atoms with Crippen molar-refractivity contribution in [2.45, 2.75) is 19.3 Å². The number of sulfonamides is 1. The van der Waals surface area contributed by atoms with Crippen molar-refractivity contribution in [2.24, 2.45) is 0 Å². The third-order valence-corrected chi connectivity index (χ3v) is 7.03. The summed E-state index contributed by atoms with van der Waals surface area (Å²) in [6.45, 7) is 2.67. The Morgan fingerprint density at radius 1 is 1.15 bits per heavy atom. The van der Waals surface area contributed by atoms with E-state index in [4.69, 9.17) is 4.74 Å². The molecule has 9 heteroatoms.